The molecule has 2 radical (unpaired) electrons. The molecule has 0 spiro atoms. The molecule has 22 heavy (non-hydrogen) atoms. The number of aryl methyl sites for hydroxylation is 1. The molecule has 1 aromatic rings. The molecule has 6 nitrogen and oxygen atoms in total. The number of imidazole rings is 1. The number of aromatic nitrogens is 2. The van der Waals surface area contributed by atoms with E-state index in [1.54, 1.807) is 23.6 Å². The third-order valence-corrected chi connectivity index (χ3v) is 2.92. The second-order valence-electron chi connectivity index (χ2n) is 4.63. The SMILES string of the molecule is CN1[C]N(C(=O)N2CCCC2)C=C1.Cn1ccnc1.[I][Pd][I]. The first-order valence-electron chi connectivity index (χ1n) is 6.58. The van der Waals surface area contributed by atoms with Gasteiger partial charge in [-0.2, -0.15) is 0 Å². The first-order valence-corrected chi connectivity index (χ1v) is 15.8. The molecule has 0 atom stereocenters. The van der Waals surface area contributed by atoms with Crippen molar-refractivity contribution in [2.75, 3.05) is 20.1 Å². The molecule has 3 rings (SSSR count). The molecule has 0 bridgehead atoms. The van der Waals surface area contributed by atoms with Gasteiger partial charge in [0.05, 0.1) is 6.33 Å². The number of urea groups is 1. The van der Waals surface area contributed by atoms with Crippen molar-refractivity contribution in [1.82, 2.24) is 24.3 Å². The molecular weight excluding hydrogens is 602 g/mol. The van der Waals surface area contributed by atoms with Crippen molar-refractivity contribution < 1.29 is 15.5 Å². The number of halogens is 2. The Kier molecular flexibility index (Phi) is 10.7. The zero-order chi connectivity index (χ0) is 16.4. The van der Waals surface area contributed by atoms with Crippen LogP contribution in [0.4, 0.5) is 4.79 Å². The summed E-state index contributed by atoms with van der Waals surface area (Å²) in [5, 5.41) is 0. The number of likely N-dealkylation sites (tertiary alicyclic amines) is 1. The number of nitrogens with zero attached hydrogens (tertiary/aromatic N) is 5. The fraction of sp³-hybridized carbons (Fsp3) is 0.462. The Morgan fingerprint density at radius 1 is 1.23 bits per heavy atom. The van der Waals surface area contributed by atoms with Gasteiger partial charge in [-0.25, -0.2) is 9.78 Å². The first kappa shape index (κ1) is 20.2. The van der Waals surface area contributed by atoms with Crippen LogP contribution in [-0.4, -0.2) is 50.4 Å². The van der Waals surface area contributed by atoms with E-state index in [0.717, 1.165) is 36.7 Å². The van der Waals surface area contributed by atoms with E-state index < -0.39 is 0 Å². The van der Waals surface area contributed by atoms with Gasteiger partial charge in [-0.3, -0.25) is 4.90 Å². The van der Waals surface area contributed by atoms with E-state index in [0.29, 0.717) is 0 Å². The summed E-state index contributed by atoms with van der Waals surface area (Å²) in [5.74, 6) is 0. The van der Waals surface area contributed by atoms with Gasteiger partial charge in [0.15, 0.2) is 0 Å². The van der Waals surface area contributed by atoms with Crippen LogP contribution >= 0.6 is 39.0 Å². The van der Waals surface area contributed by atoms with E-state index in [2.05, 4.69) is 50.7 Å². The summed E-state index contributed by atoms with van der Waals surface area (Å²) in [4.78, 5) is 20.6. The average molecular weight is 622 g/mol. The van der Waals surface area contributed by atoms with E-state index >= 15 is 0 Å². The number of hydrogen-bond donors (Lipinski definition) is 0. The molecule has 1 aromatic heterocycles. The Balaban J connectivity index is 0.000000224. The summed E-state index contributed by atoms with van der Waals surface area (Å²) in [6.45, 7) is 4.66. The predicted octanol–water partition coefficient (Wildman–Crippen LogP) is 3.11. The minimum atomic E-state index is 0.0399. The molecular formula is C13H19I2N5OPd. The summed E-state index contributed by atoms with van der Waals surface area (Å²) in [5.41, 5.74) is 0. The third-order valence-electron chi connectivity index (χ3n) is 2.92. The van der Waals surface area contributed by atoms with E-state index in [-0.39, 0.29) is 6.03 Å². The van der Waals surface area contributed by atoms with Crippen molar-refractivity contribution in [2.45, 2.75) is 12.8 Å². The van der Waals surface area contributed by atoms with Crippen LogP contribution in [0.15, 0.2) is 31.1 Å². The zero-order valence-electron chi connectivity index (χ0n) is 12.4. The predicted molar refractivity (Wildman–Crippen MR) is 99.4 cm³/mol. The molecule has 0 N–H and O–H groups in total. The van der Waals surface area contributed by atoms with Crippen LogP contribution in [0.25, 0.3) is 0 Å². The van der Waals surface area contributed by atoms with Crippen molar-refractivity contribution in [3.05, 3.63) is 37.8 Å². The Bertz CT molecular complexity index is 451. The summed E-state index contributed by atoms with van der Waals surface area (Å²) >= 11 is 4.65. The maximum atomic E-state index is 11.7. The van der Waals surface area contributed by atoms with Gasteiger partial charge in [0.1, 0.15) is 0 Å². The number of amides is 2. The first-order chi connectivity index (χ1) is 10.6. The molecule has 2 amide bonds. The molecule has 9 heteroatoms. The molecule has 1 fully saturated rings. The summed E-state index contributed by atoms with van der Waals surface area (Å²) in [7, 11) is 4.68. The van der Waals surface area contributed by atoms with Gasteiger partial charge in [0.25, 0.3) is 0 Å². The standard InChI is InChI=1S/C9H13N3O.C4H6N2.2HI.Pd/c1-10-6-7-12(8-10)9(13)11-4-2-3-5-11;1-6-3-2-5-4-6;;;/h6-7H,2-5H2,1H3;2-4H,1H3;2*1H;/q;;;;+2/p-2. The Labute approximate surface area is 161 Å². The maximum absolute atomic E-state index is 11.7. The van der Waals surface area contributed by atoms with Crippen LogP contribution in [-0.2, 0) is 17.8 Å². The van der Waals surface area contributed by atoms with E-state index in [4.69, 9.17) is 0 Å². The Morgan fingerprint density at radius 3 is 2.23 bits per heavy atom. The zero-order valence-corrected chi connectivity index (χ0v) is 18.3. The topological polar surface area (TPSA) is 44.6 Å². The van der Waals surface area contributed by atoms with Crippen LogP contribution in [0.2, 0.25) is 0 Å². The summed E-state index contributed by atoms with van der Waals surface area (Å²) < 4.78 is 1.89. The van der Waals surface area contributed by atoms with Gasteiger partial charge in [-0.1, -0.05) is 0 Å². The molecule has 0 aromatic carbocycles. The third kappa shape index (κ3) is 7.61. The quantitative estimate of drug-likeness (QED) is 0.331. The van der Waals surface area contributed by atoms with Crippen molar-refractivity contribution in [3.8, 4) is 0 Å². The van der Waals surface area contributed by atoms with Crippen LogP contribution < -0.4 is 0 Å². The van der Waals surface area contributed by atoms with E-state index in [9.17, 15) is 4.79 Å². The molecule has 2 aliphatic heterocycles. The van der Waals surface area contributed by atoms with Crippen molar-refractivity contribution >= 4 is 45.1 Å². The van der Waals surface area contributed by atoms with Gasteiger partial charge in [-0.05, 0) is 12.8 Å². The Morgan fingerprint density at radius 2 is 1.86 bits per heavy atom. The molecule has 1 saturated heterocycles. The minimum absolute atomic E-state index is 0.0399. The molecule has 0 saturated carbocycles. The van der Waals surface area contributed by atoms with Gasteiger partial charge in [0, 0.05) is 52.0 Å². The van der Waals surface area contributed by atoms with Gasteiger partial charge >= 0.3 is 55.8 Å². The molecule has 0 unspecified atom stereocenters. The normalized spacial score (nSPS) is 16.3. The summed E-state index contributed by atoms with van der Waals surface area (Å²) in [6, 6.07) is 0.0399. The fourth-order valence-corrected chi connectivity index (χ4v) is 1.90. The van der Waals surface area contributed by atoms with Crippen LogP contribution in [0, 0.1) is 6.67 Å². The monoisotopic (exact) mass is 621 g/mol. The number of carbonyl (C=O) groups is 1. The fourth-order valence-electron chi connectivity index (χ4n) is 1.90. The van der Waals surface area contributed by atoms with Gasteiger partial charge in [0.2, 0.25) is 6.67 Å². The van der Waals surface area contributed by atoms with Crippen molar-refractivity contribution in [2.24, 2.45) is 7.05 Å². The number of hydrogen-bond acceptors (Lipinski definition) is 3. The van der Waals surface area contributed by atoms with Crippen LogP contribution in [0.3, 0.4) is 0 Å². The summed E-state index contributed by atoms with van der Waals surface area (Å²) in [6.07, 6.45) is 11.2. The van der Waals surface area contributed by atoms with Crippen molar-refractivity contribution in [3.63, 3.8) is 0 Å². The van der Waals surface area contributed by atoms with Gasteiger partial charge in [-0.15, -0.1) is 0 Å². The second-order valence-corrected chi connectivity index (χ2v) is 16.6. The van der Waals surface area contributed by atoms with Crippen LogP contribution in [0.1, 0.15) is 12.8 Å². The molecule has 0 aliphatic carbocycles. The molecule has 126 valence electrons. The second kappa shape index (κ2) is 11.6. The van der Waals surface area contributed by atoms with Gasteiger partial charge < -0.3 is 14.4 Å². The molecule has 3 heterocycles. The van der Waals surface area contributed by atoms with Crippen molar-refractivity contribution in [1.29, 1.82) is 0 Å². The van der Waals surface area contributed by atoms with Crippen LogP contribution in [0.5, 0.6) is 0 Å². The van der Waals surface area contributed by atoms with E-state index in [1.165, 1.54) is 4.90 Å². The number of rotatable bonds is 0. The van der Waals surface area contributed by atoms with E-state index in [1.807, 2.05) is 36.0 Å². The molecule has 2 aliphatic rings. The number of carbonyl (C=O) groups excluding carboxylic acids is 1. The Hall–Kier alpha value is 0.142. The average Bonchev–Trinajstić information content (AvgIpc) is 3.21.